The van der Waals surface area contributed by atoms with Gasteiger partial charge in [-0.2, -0.15) is 0 Å². The van der Waals surface area contributed by atoms with E-state index in [1.165, 1.54) is 24.0 Å². The fraction of sp³-hybridized carbons (Fsp3) is 0.429. The van der Waals surface area contributed by atoms with E-state index < -0.39 is 0 Å². The lowest BCUT2D eigenvalue weighted by Crippen LogP contribution is -2.37. The van der Waals surface area contributed by atoms with Gasteiger partial charge in [0.2, 0.25) is 0 Å². The first-order valence-corrected chi connectivity index (χ1v) is 12.0. The maximum Gasteiger partial charge on any atom is 0.250 e. The SMILES string of the molecule is N[C@H](C(=O)C[C@H](/C=C/C(=O)N1CCc2ccccc21)CCc1ccccc1)C1CCCC1. The van der Waals surface area contributed by atoms with Crippen LogP contribution in [0.2, 0.25) is 0 Å². The Morgan fingerprint density at radius 2 is 1.75 bits per heavy atom. The summed E-state index contributed by atoms with van der Waals surface area (Å²) >= 11 is 0. The molecule has 1 aliphatic carbocycles. The van der Waals surface area contributed by atoms with E-state index in [1.54, 1.807) is 6.08 Å². The van der Waals surface area contributed by atoms with E-state index in [9.17, 15) is 9.59 Å². The Labute approximate surface area is 191 Å². The summed E-state index contributed by atoms with van der Waals surface area (Å²) in [4.78, 5) is 27.7. The molecule has 1 heterocycles. The quantitative estimate of drug-likeness (QED) is 0.578. The van der Waals surface area contributed by atoms with Crippen LogP contribution < -0.4 is 10.6 Å². The Morgan fingerprint density at radius 3 is 2.53 bits per heavy atom. The number of fused-ring (bicyclic) bond motifs is 1. The molecule has 2 aromatic rings. The number of para-hydroxylation sites is 1. The number of nitrogens with two attached hydrogens (primary N) is 1. The van der Waals surface area contributed by atoms with Crippen LogP contribution in [0.3, 0.4) is 0 Å². The fourth-order valence-electron chi connectivity index (χ4n) is 5.11. The number of carbonyl (C=O) groups excluding carboxylic acids is 2. The molecule has 0 bridgehead atoms. The fourth-order valence-corrected chi connectivity index (χ4v) is 5.11. The third kappa shape index (κ3) is 5.55. The van der Waals surface area contributed by atoms with Crippen LogP contribution in [0.5, 0.6) is 0 Å². The van der Waals surface area contributed by atoms with Gasteiger partial charge in [-0.15, -0.1) is 0 Å². The monoisotopic (exact) mass is 430 g/mol. The van der Waals surface area contributed by atoms with Gasteiger partial charge in [0.05, 0.1) is 6.04 Å². The molecule has 1 amide bonds. The normalized spacial score (nSPS) is 18.1. The molecule has 1 aliphatic heterocycles. The van der Waals surface area contributed by atoms with Crippen molar-refractivity contribution in [1.82, 2.24) is 0 Å². The van der Waals surface area contributed by atoms with Crippen molar-refractivity contribution < 1.29 is 9.59 Å². The van der Waals surface area contributed by atoms with Crippen molar-refractivity contribution in [1.29, 1.82) is 0 Å². The number of anilines is 1. The van der Waals surface area contributed by atoms with Gasteiger partial charge in [0, 0.05) is 18.7 Å². The van der Waals surface area contributed by atoms with Gasteiger partial charge in [0.1, 0.15) is 5.78 Å². The predicted molar refractivity (Wildman–Crippen MR) is 129 cm³/mol. The van der Waals surface area contributed by atoms with Crippen LogP contribution in [0.4, 0.5) is 5.69 Å². The van der Waals surface area contributed by atoms with Crippen molar-refractivity contribution in [3.05, 3.63) is 77.9 Å². The minimum absolute atomic E-state index is 0.00722. The minimum atomic E-state index is -0.369. The Balaban J connectivity index is 1.43. The zero-order valence-corrected chi connectivity index (χ0v) is 18.8. The van der Waals surface area contributed by atoms with Crippen LogP contribution in [0, 0.1) is 11.8 Å². The van der Waals surface area contributed by atoms with Gasteiger partial charge in [-0.05, 0) is 67.2 Å². The van der Waals surface area contributed by atoms with Crippen molar-refractivity contribution in [3.63, 3.8) is 0 Å². The summed E-state index contributed by atoms with van der Waals surface area (Å²) in [6, 6.07) is 18.0. The zero-order chi connectivity index (χ0) is 22.3. The molecule has 2 aromatic carbocycles. The number of aryl methyl sites for hydroxylation is 1. The molecule has 32 heavy (non-hydrogen) atoms. The van der Waals surface area contributed by atoms with Crippen LogP contribution in [0.1, 0.15) is 49.7 Å². The first kappa shape index (κ1) is 22.5. The largest absolute Gasteiger partial charge is 0.321 e. The van der Waals surface area contributed by atoms with Crippen LogP contribution >= 0.6 is 0 Å². The summed E-state index contributed by atoms with van der Waals surface area (Å²) in [7, 11) is 0. The number of nitrogens with zero attached hydrogens (tertiary/aromatic N) is 1. The molecule has 4 heteroatoms. The lowest BCUT2D eigenvalue weighted by atomic mass is 9.87. The van der Waals surface area contributed by atoms with Crippen LogP contribution in [-0.2, 0) is 22.4 Å². The van der Waals surface area contributed by atoms with E-state index in [4.69, 9.17) is 5.73 Å². The van der Waals surface area contributed by atoms with Crippen molar-refractivity contribution in [2.75, 3.05) is 11.4 Å². The number of carbonyl (C=O) groups is 2. The van der Waals surface area contributed by atoms with Crippen LogP contribution in [0.25, 0.3) is 0 Å². The summed E-state index contributed by atoms with van der Waals surface area (Å²) in [5.41, 5.74) is 9.80. The van der Waals surface area contributed by atoms with Crippen molar-refractivity contribution in [2.45, 2.75) is 57.4 Å². The molecule has 2 atom stereocenters. The molecule has 1 saturated carbocycles. The number of hydrogen-bond acceptors (Lipinski definition) is 3. The van der Waals surface area contributed by atoms with Gasteiger partial charge >= 0.3 is 0 Å². The molecule has 168 valence electrons. The highest BCUT2D eigenvalue weighted by Crippen LogP contribution is 2.29. The van der Waals surface area contributed by atoms with Crippen molar-refractivity contribution >= 4 is 17.4 Å². The van der Waals surface area contributed by atoms with E-state index in [0.717, 1.165) is 37.8 Å². The third-order valence-corrected chi connectivity index (χ3v) is 7.05. The Morgan fingerprint density at radius 1 is 1.03 bits per heavy atom. The molecule has 0 radical (unpaired) electrons. The van der Waals surface area contributed by atoms with Gasteiger partial charge in [0.15, 0.2) is 0 Å². The Bertz CT molecular complexity index is 947. The van der Waals surface area contributed by atoms with Gasteiger partial charge in [0.25, 0.3) is 5.91 Å². The van der Waals surface area contributed by atoms with Crippen molar-refractivity contribution in [2.24, 2.45) is 17.6 Å². The molecule has 2 N–H and O–H groups in total. The summed E-state index contributed by atoms with van der Waals surface area (Å²) in [6.07, 6.45) is 11.1. The second kappa shape index (κ2) is 10.7. The first-order chi connectivity index (χ1) is 15.6. The number of rotatable bonds is 9. The number of ketones is 1. The molecular formula is C28H34N2O2. The zero-order valence-electron chi connectivity index (χ0n) is 18.8. The minimum Gasteiger partial charge on any atom is -0.321 e. The summed E-state index contributed by atoms with van der Waals surface area (Å²) < 4.78 is 0. The number of Topliss-reactive ketones (excluding diaryl/α,β-unsaturated/α-hetero) is 1. The maximum absolute atomic E-state index is 13.0. The predicted octanol–water partition coefficient (Wildman–Crippen LogP) is 4.86. The van der Waals surface area contributed by atoms with Crippen LogP contribution in [0.15, 0.2) is 66.7 Å². The molecule has 0 aromatic heterocycles. The molecule has 0 spiro atoms. The third-order valence-electron chi connectivity index (χ3n) is 7.05. The summed E-state index contributed by atoms with van der Waals surface area (Å²) in [5.74, 6) is 0.465. The highest BCUT2D eigenvalue weighted by Gasteiger charge is 2.28. The van der Waals surface area contributed by atoms with E-state index >= 15 is 0 Å². The van der Waals surface area contributed by atoms with Gasteiger partial charge < -0.3 is 10.6 Å². The van der Waals surface area contributed by atoms with E-state index in [-0.39, 0.29) is 23.7 Å². The average molecular weight is 431 g/mol. The second-order valence-corrected chi connectivity index (χ2v) is 9.25. The van der Waals surface area contributed by atoms with Crippen molar-refractivity contribution in [3.8, 4) is 0 Å². The lowest BCUT2D eigenvalue weighted by molar-refractivity contribution is -0.122. The van der Waals surface area contributed by atoms with Gasteiger partial charge in [-0.1, -0.05) is 67.4 Å². The Kier molecular flexibility index (Phi) is 7.54. The molecule has 0 saturated heterocycles. The standard InChI is InChI=1S/C28H34N2O2/c29-28(24-11-4-5-12-24)26(31)20-22(15-14-21-8-2-1-3-9-21)16-17-27(32)30-19-18-23-10-6-7-13-25(23)30/h1-3,6-10,13,16-17,22,24,28H,4-5,11-12,14-15,18-20,29H2/b17-16+/t22-,28-/m0/s1. The van der Waals surface area contributed by atoms with E-state index in [0.29, 0.717) is 18.9 Å². The number of amides is 1. The second-order valence-electron chi connectivity index (χ2n) is 9.25. The van der Waals surface area contributed by atoms with Gasteiger partial charge in [-0.3, -0.25) is 9.59 Å². The molecule has 4 nitrogen and oxygen atoms in total. The van der Waals surface area contributed by atoms with Gasteiger partial charge in [-0.25, -0.2) is 0 Å². The highest BCUT2D eigenvalue weighted by atomic mass is 16.2. The van der Waals surface area contributed by atoms with E-state index in [1.807, 2.05) is 47.4 Å². The Hall–Kier alpha value is -2.72. The molecular weight excluding hydrogens is 396 g/mol. The molecule has 2 aliphatic rings. The average Bonchev–Trinajstić information content (AvgIpc) is 3.51. The molecule has 0 unspecified atom stereocenters. The first-order valence-electron chi connectivity index (χ1n) is 12.0. The maximum atomic E-state index is 13.0. The number of allylic oxidation sites excluding steroid dienone is 1. The van der Waals surface area contributed by atoms with Crippen LogP contribution in [-0.4, -0.2) is 24.3 Å². The van der Waals surface area contributed by atoms with E-state index in [2.05, 4.69) is 18.2 Å². The lowest BCUT2D eigenvalue weighted by Gasteiger charge is -2.20. The summed E-state index contributed by atoms with van der Waals surface area (Å²) in [5, 5.41) is 0. The number of benzene rings is 2. The smallest absolute Gasteiger partial charge is 0.250 e. The molecule has 1 fully saturated rings. The highest BCUT2D eigenvalue weighted by molar-refractivity contribution is 6.02. The molecule has 4 rings (SSSR count). The number of hydrogen-bond donors (Lipinski definition) is 1. The topological polar surface area (TPSA) is 63.4 Å². The summed E-state index contributed by atoms with van der Waals surface area (Å²) in [6.45, 7) is 0.711.